The largest absolute Gasteiger partial charge is 0.393 e. The molecular weight excluding hydrogens is 284 g/mol. The summed E-state index contributed by atoms with van der Waals surface area (Å²) >= 11 is 0. The van der Waals surface area contributed by atoms with Crippen LogP contribution in [0.5, 0.6) is 0 Å². The Morgan fingerprint density at radius 1 is 1.17 bits per heavy atom. The maximum absolute atomic E-state index is 12.1. The topological polar surface area (TPSA) is 37.3 Å². The molecule has 2 nitrogen and oxygen atoms in total. The molecule has 0 aromatic rings. The molecule has 0 radical (unpaired) electrons. The van der Waals surface area contributed by atoms with E-state index >= 15 is 0 Å². The summed E-state index contributed by atoms with van der Waals surface area (Å²) in [7, 11) is 0. The van der Waals surface area contributed by atoms with Gasteiger partial charge in [0.1, 0.15) is 5.78 Å². The summed E-state index contributed by atoms with van der Waals surface area (Å²) in [6.07, 6.45) is 11.6. The fourth-order valence-electron chi connectivity index (χ4n) is 7.18. The van der Waals surface area contributed by atoms with Crippen LogP contribution in [0.25, 0.3) is 0 Å². The number of carbonyl (C=O) groups is 1. The molecule has 23 heavy (non-hydrogen) atoms. The Bertz CT molecular complexity index is 550. The number of hydrogen-bond acceptors (Lipinski definition) is 2. The summed E-state index contributed by atoms with van der Waals surface area (Å²) < 4.78 is 0. The average Bonchev–Trinajstić information content (AvgIpc) is 2.85. The molecule has 0 saturated heterocycles. The summed E-state index contributed by atoms with van der Waals surface area (Å²) in [4.78, 5) is 12.1. The Morgan fingerprint density at radius 2 is 1.96 bits per heavy atom. The van der Waals surface area contributed by atoms with Crippen LogP contribution in [0.4, 0.5) is 0 Å². The van der Waals surface area contributed by atoms with E-state index in [0.29, 0.717) is 23.0 Å². The van der Waals surface area contributed by atoms with Crippen LogP contribution in [-0.4, -0.2) is 17.0 Å². The van der Waals surface area contributed by atoms with Crippen molar-refractivity contribution in [2.75, 3.05) is 0 Å². The maximum Gasteiger partial charge on any atom is 0.134 e. The molecule has 0 amide bonds. The lowest BCUT2D eigenvalue weighted by molar-refractivity contribution is -0.125. The predicted molar refractivity (Wildman–Crippen MR) is 91.9 cm³/mol. The van der Waals surface area contributed by atoms with Crippen molar-refractivity contribution in [3.8, 4) is 0 Å². The summed E-state index contributed by atoms with van der Waals surface area (Å²) in [5, 5.41) is 10.1. The Kier molecular flexibility index (Phi) is 3.58. The van der Waals surface area contributed by atoms with Gasteiger partial charge < -0.3 is 5.11 Å². The van der Waals surface area contributed by atoms with E-state index in [9.17, 15) is 9.90 Å². The van der Waals surface area contributed by atoms with Gasteiger partial charge in [0.25, 0.3) is 0 Å². The third kappa shape index (κ3) is 2.13. The summed E-state index contributed by atoms with van der Waals surface area (Å²) in [6.45, 7) is 6.67. The van der Waals surface area contributed by atoms with Crippen molar-refractivity contribution in [1.82, 2.24) is 0 Å². The highest BCUT2D eigenvalue weighted by molar-refractivity contribution is 5.80. The van der Waals surface area contributed by atoms with Crippen molar-refractivity contribution >= 4 is 5.78 Å². The number of aliphatic hydroxyl groups is 1. The number of allylic oxidation sites excluding steroid dienone is 2. The Morgan fingerprint density at radius 3 is 2.70 bits per heavy atom. The van der Waals surface area contributed by atoms with Gasteiger partial charge in [-0.1, -0.05) is 25.5 Å². The van der Waals surface area contributed by atoms with Crippen LogP contribution in [0.2, 0.25) is 0 Å². The van der Waals surface area contributed by atoms with Crippen molar-refractivity contribution in [3.63, 3.8) is 0 Å². The molecule has 0 heterocycles. The molecule has 4 aliphatic rings. The first-order chi connectivity index (χ1) is 10.9. The van der Waals surface area contributed by atoms with E-state index in [4.69, 9.17) is 0 Å². The second-order valence-corrected chi connectivity index (χ2v) is 9.44. The smallest absolute Gasteiger partial charge is 0.134 e. The second-order valence-electron chi connectivity index (χ2n) is 9.44. The van der Waals surface area contributed by atoms with Gasteiger partial charge >= 0.3 is 0 Å². The molecule has 4 rings (SSSR count). The molecule has 3 fully saturated rings. The van der Waals surface area contributed by atoms with Gasteiger partial charge in [-0.3, -0.25) is 4.79 Å². The van der Waals surface area contributed by atoms with E-state index in [1.165, 1.54) is 32.1 Å². The number of Topliss-reactive ketones (excluding diaryl/α,β-unsaturated/α-hetero) is 1. The Balaban J connectivity index is 1.64. The second kappa shape index (κ2) is 5.18. The van der Waals surface area contributed by atoms with Crippen molar-refractivity contribution in [3.05, 3.63) is 11.6 Å². The first-order valence-corrected chi connectivity index (χ1v) is 9.75. The first kappa shape index (κ1) is 15.9. The fourth-order valence-corrected chi connectivity index (χ4v) is 7.18. The minimum atomic E-state index is -0.0636. The zero-order valence-corrected chi connectivity index (χ0v) is 15.0. The van der Waals surface area contributed by atoms with Gasteiger partial charge in [-0.15, -0.1) is 0 Å². The monoisotopic (exact) mass is 316 g/mol. The van der Waals surface area contributed by atoms with Crippen LogP contribution >= 0.6 is 0 Å². The van der Waals surface area contributed by atoms with Gasteiger partial charge in [-0.2, -0.15) is 0 Å². The van der Waals surface area contributed by atoms with Gasteiger partial charge in [0.2, 0.25) is 0 Å². The number of fused-ring (bicyclic) bond motifs is 5. The van der Waals surface area contributed by atoms with E-state index in [-0.39, 0.29) is 17.4 Å². The molecule has 0 unspecified atom stereocenters. The number of carbonyl (C=O) groups excluding carboxylic acids is 1. The van der Waals surface area contributed by atoms with Crippen LogP contribution < -0.4 is 0 Å². The summed E-state index contributed by atoms with van der Waals surface area (Å²) in [5.41, 5.74) is 2.20. The highest BCUT2D eigenvalue weighted by Crippen LogP contribution is 2.65. The molecule has 0 spiro atoms. The SMILES string of the molecule is CC(=O)[C@H]1CC=C2[C@@H]3CC[C@H]4C[C@@H](O)CC[C@]4(C)[C@H]3CC[C@@]21C. The molecule has 1 N–H and O–H groups in total. The molecule has 0 aromatic heterocycles. The quantitative estimate of drug-likeness (QED) is 0.722. The average molecular weight is 316 g/mol. The predicted octanol–water partition coefficient (Wildman–Crippen LogP) is 4.52. The van der Waals surface area contributed by atoms with E-state index in [2.05, 4.69) is 19.9 Å². The molecule has 128 valence electrons. The third-order valence-corrected chi connectivity index (χ3v) is 8.53. The number of ketones is 1. The van der Waals surface area contributed by atoms with Crippen molar-refractivity contribution in [2.24, 2.45) is 34.5 Å². The Labute approximate surface area is 140 Å². The molecular formula is C21H32O2. The van der Waals surface area contributed by atoms with Crippen molar-refractivity contribution in [2.45, 2.75) is 78.2 Å². The van der Waals surface area contributed by atoms with E-state index in [0.717, 1.165) is 25.2 Å². The van der Waals surface area contributed by atoms with Gasteiger partial charge in [-0.25, -0.2) is 0 Å². The van der Waals surface area contributed by atoms with Gasteiger partial charge in [0, 0.05) is 5.92 Å². The minimum Gasteiger partial charge on any atom is -0.393 e. The first-order valence-electron chi connectivity index (χ1n) is 9.75. The number of aliphatic hydroxyl groups excluding tert-OH is 1. The normalized spacial score (nSPS) is 52.2. The maximum atomic E-state index is 12.1. The van der Waals surface area contributed by atoms with Gasteiger partial charge in [-0.05, 0) is 86.9 Å². The zero-order chi connectivity index (χ0) is 16.4. The highest BCUT2D eigenvalue weighted by Gasteiger charge is 2.57. The van der Waals surface area contributed by atoms with Crippen molar-refractivity contribution < 1.29 is 9.90 Å². The van der Waals surface area contributed by atoms with Crippen molar-refractivity contribution in [1.29, 1.82) is 0 Å². The molecule has 0 aliphatic heterocycles. The molecule has 0 bridgehead atoms. The number of rotatable bonds is 1. The minimum absolute atomic E-state index is 0.0636. The highest BCUT2D eigenvalue weighted by atomic mass is 16.3. The molecule has 4 aliphatic carbocycles. The van der Waals surface area contributed by atoms with Crippen LogP contribution in [0.3, 0.4) is 0 Å². The molecule has 7 atom stereocenters. The summed E-state index contributed by atoms with van der Waals surface area (Å²) in [6, 6.07) is 0. The summed E-state index contributed by atoms with van der Waals surface area (Å²) in [5.74, 6) is 2.81. The number of hydrogen-bond donors (Lipinski definition) is 1. The standard InChI is InChI=1S/C21H32O2/c1-13(22)17-6-7-18-16-5-4-14-12-15(23)8-10-20(14,2)19(16)9-11-21(17,18)3/h7,14-17,19,23H,4-6,8-12H2,1-3H3/t14-,15-,16-,17+,19-,20-,21+/m0/s1. The Hall–Kier alpha value is -0.630. The van der Waals surface area contributed by atoms with Gasteiger partial charge in [0.15, 0.2) is 0 Å². The zero-order valence-electron chi connectivity index (χ0n) is 15.0. The fraction of sp³-hybridized carbons (Fsp3) is 0.857. The molecule has 3 saturated carbocycles. The van der Waals surface area contributed by atoms with Crippen LogP contribution in [-0.2, 0) is 4.79 Å². The van der Waals surface area contributed by atoms with Gasteiger partial charge in [0.05, 0.1) is 6.10 Å². The van der Waals surface area contributed by atoms with Crippen LogP contribution in [0.1, 0.15) is 72.1 Å². The molecule has 2 heteroatoms. The lowest BCUT2D eigenvalue weighted by Crippen LogP contribution is -2.52. The lowest BCUT2D eigenvalue weighted by atomic mass is 9.46. The van der Waals surface area contributed by atoms with E-state index in [1.807, 2.05) is 0 Å². The van der Waals surface area contributed by atoms with Crippen LogP contribution in [0, 0.1) is 34.5 Å². The third-order valence-electron chi connectivity index (χ3n) is 8.53. The lowest BCUT2D eigenvalue weighted by Gasteiger charge is -2.59. The van der Waals surface area contributed by atoms with E-state index < -0.39 is 0 Å². The molecule has 0 aromatic carbocycles. The van der Waals surface area contributed by atoms with Crippen LogP contribution in [0.15, 0.2) is 11.6 Å². The van der Waals surface area contributed by atoms with E-state index in [1.54, 1.807) is 12.5 Å².